The van der Waals surface area contributed by atoms with Gasteiger partial charge in [-0.05, 0) is 48.2 Å². The summed E-state index contributed by atoms with van der Waals surface area (Å²) in [6.07, 6.45) is 3.08. The van der Waals surface area contributed by atoms with Crippen LogP contribution in [0.5, 0.6) is 0 Å². The second-order valence-corrected chi connectivity index (χ2v) is 7.32. The summed E-state index contributed by atoms with van der Waals surface area (Å²) in [5.41, 5.74) is 6.81. The standard InChI is InChI=1S/C19H22BN3O/c1-10-5-6-12-13-7-11(19(24)22(2)3)9-23(4)15(13)8-14-16(12)17(10)21-18(14)20/h5-7,11,15,21H,8-9H2,1-4H3. The van der Waals surface area contributed by atoms with Crippen molar-refractivity contribution in [1.29, 1.82) is 0 Å². The second-order valence-electron chi connectivity index (χ2n) is 7.32. The van der Waals surface area contributed by atoms with Crippen molar-refractivity contribution in [2.24, 2.45) is 5.92 Å². The van der Waals surface area contributed by atoms with E-state index in [0.29, 0.717) is 0 Å². The van der Waals surface area contributed by atoms with E-state index in [9.17, 15) is 4.79 Å². The number of nitrogens with zero attached hydrogens (tertiary/aromatic N) is 2. The molecule has 1 aliphatic heterocycles. The third-order valence-electron chi connectivity index (χ3n) is 5.52. The predicted molar refractivity (Wildman–Crippen MR) is 98.7 cm³/mol. The highest BCUT2D eigenvalue weighted by Gasteiger charge is 2.36. The van der Waals surface area contributed by atoms with Crippen LogP contribution < -0.4 is 5.59 Å². The Morgan fingerprint density at radius 3 is 2.83 bits per heavy atom. The maximum absolute atomic E-state index is 12.5. The fourth-order valence-corrected chi connectivity index (χ4v) is 4.24. The largest absolute Gasteiger partial charge is 0.368 e. The first-order chi connectivity index (χ1) is 11.4. The number of carbonyl (C=O) groups is 1. The summed E-state index contributed by atoms with van der Waals surface area (Å²) >= 11 is 0. The summed E-state index contributed by atoms with van der Waals surface area (Å²) in [4.78, 5) is 19.8. The summed E-state index contributed by atoms with van der Waals surface area (Å²) in [6, 6.07) is 4.61. The number of aryl methyl sites for hydroxylation is 1. The highest BCUT2D eigenvalue weighted by Crippen LogP contribution is 2.41. The van der Waals surface area contributed by atoms with Gasteiger partial charge in [0.15, 0.2) is 0 Å². The van der Waals surface area contributed by atoms with Crippen LogP contribution in [0.15, 0.2) is 18.2 Å². The number of carbonyl (C=O) groups excluding carboxylic acids is 1. The van der Waals surface area contributed by atoms with Crippen molar-refractivity contribution in [2.75, 3.05) is 27.7 Å². The number of hydrogen-bond acceptors (Lipinski definition) is 2. The molecule has 0 saturated carbocycles. The van der Waals surface area contributed by atoms with E-state index in [2.05, 4.69) is 42.1 Å². The van der Waals surface area contributed by atoms with Gasteiger partial charge in [0.2, 0.25) is 5.91 Å². The number of benzene rings is 1. The van der Waals surface area contributed by atoms with Gasteiger partial charge in [-0.1, -0.05) is 18.2 Å². The van der Waals surface area contributed by atoms with Crippen LogP contribution in [-0.4, -0.2) is 62.3 Å². The Bertz CT molecular complexity index is 880. The van der Waals surface area contributed by atoms with Crippen LogP contribution >= 0.6 is 0 Å². The zero-order chi connectivity index (χ0) is 17.2. The minimum Gasteiger partial charge on any atom is -0.368 e. The van der Waals surface area contributed by atoms with Crippen LogP contribution in [0, 0.1) is 12.8 Å². The molecular weight excluding hydrogens is 297 g/mol. The number of amides is 1. The molecule has 2 atom stereocenters. The van der Waals surface area contributed by atoms with Gasteiger partial charge in [-0.25, -0.2) is 0 Å². The number of fused-ring (bicyclic) bond motifs is 2. The first-order valence-corrected chi connectivity index (χ1v) is 8.41. The number of rotatable bonds is 1. The van der Waals surface area contributed by atoms with Crippen molar-refractivity contribution in [2.45, 2.75) is 19.4 Å². The van der Waals surface area contributed by atoms with Gasteiger partial charge in [0.05, 0.1) is 5.92 Å². The lowest BCUT2D eigenvalue weighted by molar-refractivity contribution is -0.132. The molecule has 1 aromatic heterocycles. The average Bonchev–Trinajstić information content (AvgIpc) is 2.88. The van der Waals surface area contributed by atoms with E-state index in [0.717, 1.165) is 24.1 Å². The Balaban J connectivity index is 1.93. The van der Waals surface area contributed by atoms with Crippen LogP contribution in [0.25, 0.3) is 16.5 Å². The number of H-pyrrole nitrogens is 1. The smallest absolute Gasteiger partial charge is 0.230 e. The molecule has 0 saturated heterocycles. The zero-order valence-electron chi connectivity index (χ0n) is 14.7. The molecule has 1 N–H and O–H groups in total. The average molecular weight is 319 g/mol. The van der Waals surface area contributed by atoms with Gasteiger partial charge < -0.3 is 9.88 Å². The monoisotopic (exact) mass is 319 g/mol. The number of hydrogen-bond donors (Lipinski definition) is 1. The van der Waals surface area contributed by atoms with Crippen molar-refractivity contribution in [3.63, 3.8) is 0 Å². The predicted octanol–water partition coefficient (Wildman–Crippen LogP) is 1.23. The van der Waals surface area contributed by atoms with E-state index in [1.165, 1.54) is 27.6 Å². The van der Waals surface area contributed by atoms with Crippen molar-refractivity contribution in [3.05, 3.63) is 34.9 Å². The van der Waals surface area contributed by atoms with Crippen LogP contribution in [-0.2, 0) is 11.2 Å². The highest BCUT2D eigenvalue weighted by molar-refractivity contribution is 6.34. The number of aromatic nitrogens is 1. The maximum Gasteiger partial charge on any atom is 0.230 e. The molecule has 4 rings (SSSR count). The lowest BCUT2D eigenvalue weighted by atomic mass is 9.77. The molecule has 5 heteroatoms. The Morgan fingerprint density at radius 2 is 2.12 bits per heavy atom. The molecule has 2 aromatic rings. The molecule has 4 nitrogen and oxygen atoms in total. The van der Waals surface area contributed by atoms with Crippen molar-refractivity contribution in [3.8, 4) is 0 Å². The Labute approximate surface area is 143 Å². The molecule has 2 heterocycles. The summed E-state index contributed by atoms with van der Waals surface area (Å²) < 4.78 is 0. The fourth-order valence-electron chi connectivity index (χ4n) is 4.24. The van der Waals surface area contributed by atoms with E-state index in [1.54, 1.807) is 4.90 Å². The summed E-state index contributed by atoms with van der Waals surface area (Å²) in [7, 11) is 12.0. The van der Waals surface area contributed by atoms with Crippen molar-refractivity contribution < 1.29 is 4.79 Å². The van der Waals surface area contributed by atoms with Crippen LogP contribution in [0.4, 0.5) is 0 Å². The van der Waals surface area contributed by atoms with Crippen LogP contribution in [0.3, 0.4) is 0 Å². The van der Waals surface area contributed by atoms with E-state index < -0.39 is 0 Å². The lowest BCUT2D eigenvalue weighted by Gasteiger charge is -2.40. The first kappa shape index (κ1) is 15.5. The molecule has 2 aliphatic rings. The molecule has 2 unspecified atom stereocenters. The topological polar surface area (TPSA) is 39.3 Å². The van der Waals surface area contributed by atoms with Gasteiger partial charge in [-0.3, -0.25) is 9.69 Å². The third-order valence-corrected chi connectivity index (χ3v) is 5.52. The van der Waals surface area contributed by atoms with E-state index in [1.807, 2.05) is 14.1 Å². The van der Waals surface area contributed by atoms with Gasteiger partial charge in [0.25, 0.3) is 0 Å². The molecule has 0 fully saturated rings. The van der Waals surface area contributed by atoms with Crippen molar-refractivity contribution in [1.82, 2.24) is 14.8 Å². The number of likely N-dealkylation sites (N-methyl/N-ethyl adjacent to an activating group) is 1. The van der Waals surface area contributed by atoms with Gasteiger partial charge in [-0.2, -0.15) is 0 Å². The van der Waals surface area contributed by atoms with E-state index >= 15 is 0 Å². The fraction of sp³-hybridized carbons (Fsp3) is 0.421. The SMILES string of the molecule is [B]c1[nH]c2c(C)ccc3c2c1CC1C3=CC(C(=O)N(C)C)CN1C. The molecule has 1 amide bonds. The first-order valence-electron chi connectivity index (χ1n) is 8.41. The van der Waals surface area contributed by atoms with Crippen LogP contribution in [0.2, 0.25) is 0 Å². The van der Waals surface area contributed by atoms with E-state index in [-0.39, 0.29) is 17.9 Å². The summed E-state index contributed by atoms with van der Waals surface area (Å²) in [5, 5.41) is 1.24. The zero-order valence-corrected chi connectivity index (χ0v) is 14.7. The summed E-state index contributed by atoms with van der Waals surface area (Å²) in [5.74, 6) is 0.0703. The molecule has 1 aliphatic carbocycles. The van der Waals surface area contributed by atoms with Gasteiger partial charge in [-0.15, -0.1) is 0 Å². The summed E-state index contributed by atoms with van der Waals surface area (Å²) in [6.45, 7) is 2.85. The second kappa shape index (κ2) is 5.25. The Hall–Kier alpha value is -2.01. The molecule has 2 radical (unpaired) electrons. The molecule has 1 aromatic carbocycles. The molecular formula is C19H22BN3O. The minimum absolute atomic E-state index is 0.0922. The van der Waals surface area contributed by atoms with Gasteiger partial charge in [0.1, 0.15) is 7.85 Å². The molecule has 24 heavy (non-hydrogen) atoms. The molecule has 0 spiro atoms. The minimum atomic E-state index is -0.0922. The quantitative estimate of drug-likeness (QED) is 0.803. The molecule has 0 bridgehead atoms. The van der Waals surface area contributed by atoms with Gasteiger partial charge >= 0.3 is 0 Å². The Morgan fingerprint density at radius 1 is 1.38 bits per heavy atom. The van der Waals surface area contributed by atoms with Gasteiger partial charge in [0, 0.05) is 37.6 Å². The lowest BCUT2D eigenvalue weighted by Crippen LogP contribution is -2.46. The van der Waals surface area contributed by atoms with Crippen molar-refractivity contribution >= 4 is 35.8 Å². The van der Waals surface area contributed by atoms with Crippen LogP contribution in [0.1, 0.15) is 16.7 Å². The Kier molecular flexibility index (Phi) is 3.39. The maximum atomic E-state index is 12.5. The molecule has 122 valence electrons. The number of nitrogens with one attached hydrogen (secondary N) is 1. The normalized spacial score (nSPS) is 23.1. The number of aromatic amines is 1. The highest BCUT2D eigenvalue weighted by atomic mass is 16.2. The van der Waals surface area contributed by atoms with E-state index in [4.69, 9.17) is 7.85 Å². The third kappa shape index (κ3) is 2.07.